The summed E-state index contributed by atoms with van der Waals surface area (Å²) in [6.45, 7) is 0. The van der Waals surface area contributed by atoms with Crippen molar-refractivity contribution in [1.82, 2.24) is 0 Å². The molecular formula is C23H18N2OS. The molecule has 4 rings (SSSR count). The van der Waals surface area contributed by atoms with Gasteiger partial charge in [0.2, 0.25) is 5.66 Å². The molecule has 1 aliphatic heterocycles. The molecule has 0 saturated carbocycles. The van der Waals surface area contributed by atoms with Crippen molar-refractivity contribution in [3.63, 3.8) is 0 Å². The highest BCUT2D eigenvalue weighted by Crippen LogP contribution is 2.34. The van der Waals surface area contributed by atoms with Gasteiger partial charge in [0, 0.05) is 21.6 Å². The van der Waals surface area contributed by atoms with E-state index in [9.17, 15) is 4.79 Å². The van der Waals surface area contributed by atoms with E-state index in [1.807, 2.05) is 91.2 Å². The minimum atomic E-state index is -1.24. The molecule has 0 radical (unpaired) electrons. The molecule has 0 fully saturated rings. The monoisotopic (exact) mass is 370 g/mol. The number of aldehydes is 1. The van der Waals surface area contributed by atoms with E-state index in [1.54, 1.807) is 11.8 Å². The highest BCUT2D eigenvalue weighted by molar-refractivity contribution is 7.98. The van der Waals surface area contributed by atoms with Crippen LogP contribution in [0.15, 0.2) is 99.8 Å². The molecule has 0 saturated heterocycles. The molecule has 132 valence electrons. The largest absolute Gasteiger partial charge is 0.298 e. The summed E-state index contributed by atoms with van der Waals surface area (Å²) in [5, 5.41) is 0. The van der Waals surface area contributed by atoms with Crippen LogP contribution in [0.4, 0.5) is 0 Å². The molecule has 0 aromatic heterocycles. The average Bonchev–Trinajstić information content (AvgIpc) is 3.16. The topological polar surface area (TPSA) is 41.8 Å². The van der Waals surface area contributed by atoms with Crippen LogP contribution < -0.4 is 0 Å². The van der Waals surface area contributed by atoms with Crippen molar-refractivity contribution in [2.45, 2.75) is 10.6 Å². The first-order valence-electron chi connectivity index (χ1n) is 8.67. The van der Waals surface area contributed by atoms with Gasteiger partial charge in [0.15, 0.2) is 6.29 Å². The highest BCUT2D eigenvalue weighted by Gasteiger charge is 2.38. The van der Waals surface area contributed by atoms with Gasteiger partial charge in [-0.25, -0.2) is 9.98 Å². The second-order valence-electron chi connectivity index (χ2n) is 6.23. The first-order chi connectivity index (χ1) is 13.3. The summed E-state index contributed by atoms with van der Waals surface area (Å²) in [5.74, 6) is 0. The third kappa shape index (κ3) is 3.24. The van der Waals surface area contributed by atoms with Crippen LogP contribution in [0.25, 0.3) is 0 Å². The normalized spacial score (nSPS) is 15.1. The molecule has 0 aliphatic carbocycles. The van der Waals surface area contributed by atoms with Crippen LogP contribution in [0.3, 0.4) is 0 Å². The van der Waals surface area contributed by atoms with E-state index >= 15 is 0 Å². The average molecular weight is 370 g/mol. The Hall–Kier alpha value is -2.98. The van der Waals surface area contributed by atoms with Crippen LogP contribution in [0.2, 0.25) is 0 Å². The number of benzene rings is 3. The van der Waals surface area contributed by atoms with Crippen LogP contribution in [0.1, 0.15) is 16.7 Å². The molecule has 0 N–H and O–H groups in total. The minimum Gasteiger partial charge on any atom is -0.298 e. The van der Waals surface area contributed by atoms with Crippen LogP contribution in [0.5, 0.6) is 0 Å². The number of thioether (sulfide) groups is 1. The Morgan fingerprint density at radius 3 is 1.63 bits per heavy atom. The maximum Gasteiger partial charge on any atom is 0.232 e. The maximum absolute atomic E-state index is 12.2. The fourth-order valence-corrected chi connectivity index (χ4v) is 3.56. The van der Waals surface area contributed by atoms with Crippen molar-refractivity contribution in [2.24, 2.45) is 9.98 Å². The zero-order valence-electron chi connectivity index (χ0n) is 14.9. The van der Waals surface area contributed by atoms with Crippen molar-refractivity contribution >= 4 is 29.5 Å². The highest BCUT2D eigenvalue weighted by atomic mass is 32.2. The van der Waals surface area contributed by atoms with Crippen LogP contribution in [-0.2, 0) is 10.5 Å². The zero-order chi connectivity index (χ0) is 18.7. The Labute approximate surface area is 162 Å². The van der Waals surface area contributed by atoms with Crippen molar-refractivity contribution in [3.05, 3.63) is 102 Å². The van der Waals surface area contributed by atoms with Gasteiger partial charge in [-0.2, -0.15) is 0 Å². The summed E-state index contributed by atoms with van der Waals surface area (Å²) in [4.78, 5) is 23.0. The van der Waals surface area contributed by atoms with Gasteiger partial charge in [-0.3, -0.25) is 4.79 Å². The summed E-state index contributed by atoms with van der Waals surface area (Å²) in [7, 11) is 0. The molecule has 1 aliphatic rings. The van der Waals surface area contributed by atoms with E-state index in [1.165, 1.54) is 0 Å². The van der Waals surface area contributed by atoms with Crippen molar-refractivity contribution in [1.29, 1.82) is 0 Å². The summed E-state index contributed by atoms with van der Waals surface area (Å²) >= 11 is 1.66. The predicted octanol–water partition coefficient (Wildman–Crippen LogP) is 4.75. The van der Waals surface area contributed by atoms with Crippen LogP contribution in [-0.4, -0.2) is 24.0 Å². The Bertz CT molecular complexity index is 954. The van der Waals surface area contributed by atoms with Gasteiger partial charge in [0.25, 0.3) is 0 Å². The molecule has 0 bridgehead atoms. The van der Waals surface area contributed by atoms with E-state index in [0.717, 1.165) is 39.3 Å². The predicted molar refractivity (Wildman–Crippen MR) is 112 cm³/mol. The Kier molecular flexibility index (Phi) is 4.73. The Balaban J connectivity index is 1.90. The Morgan fingerprint density at radius 2 is 1.22 bits per heavy atom. The molecule has 0 spiro atoms. The van der Waals surface area contributed by atoms with Gasteiger partial charge in [-0.15, -0.1) is 11.8 Å². The minimum absolute atomic E-state index is 0.739. The van der Waals surface area contributed by atoms with Gasteiger partial charge >= 0.3 is 0 Å². The van der Waals surface area contributed by atoms with Gasteiger partial charge in [0.05, 0.1) is 11.4 Å². The molecule has 0 atom stereocenters. The SMILES string of the molecule is CSc1ccc(C2(C=O)N=C(c3ccccc3)C(c3ccccc3)=N2)cc1. The van der Waals surface area contributed by atoms with Gasteiger partial charge < -0.3 is 0 Å². The molecule has 0 amide bonds. The molecule has 3 nitrogen and oxygen atoms in total. The van der Waals surface area contributed by atoms with Crippen LogP contribution >= 0.6 is 11.8 Å². The summed E-state index contributed by atoms with van der Waals surface area (Å²) in [6, 6.07) is 27.6. The van der Waals surface area contributed by atoms with Gasteiger partial charge in [-0.1, -0.05) is 72.8 Å². The van der Waals surface area contributed by atoms with E-state index in [0.29, 0.717) is 0 Å². The van der Waals surface area contributed by atoms with Crippen molar-refractivity contribution in [3.8, 4) is 0 Å². The second-order valence-corrected chi connectivity index (χ2v) is 7.11. The number of carbonyl (C=O) groups excluding carboxylic acids is 1. The number of hydrogen-bond donors (Lipinski definition) is 0. The summed E-state index contributed by atoms with van der Waals surface area (Å²) in [5.41, 5.74) is 2.90. The number of aliphatic imine (C=N–C) groups is 2. The van der Waals surface area contributed by atoms with Crippen LogP contribution in [0, 0.1) is 0 Å². The zero-order valence-corrected chi connectivity index (χ0v) is 15.7. The third-order valence-electron chi connectivity index (χ3n) is 4.56. The fourth-order valence-electron chi connectivity index (χ4n) is 3.15. The van der Waals surface area contributed by atoms with Gasteiger partial charge in [-0.05, 0) is 18.4 Å². The first kappa shape index (κ1) is 17.4. The third-order valence-corrected chi connectivity index (χ3v) is 5.31. The smallest absolute Gasteiger partial charge is 0.232 e. The standard InChI is InChI=1S/C23H18N2OS/c1-27-20-14-12-19(13-15-20)23(16-26)24-21(17-8-4-2-5-9-17)22(25-23)18-10-6-3-7-11-18/h2-16H,1H3. The van der Waals surface area contributed by atoms with Crippen molar-refractivity contribution in [2.75, 3.05) is 6.26 Å². The first-order valence-corrected chi connectivity index (χ1v) is 9.90. The van der Waals surface area contributed by atoms with Gasteiger partial charge in [0.1, 0.15) is 0 Å². The maximum atomic E-state index is 12.2. The molecule has 0 unspecified atom stereocenters. The molecule has 3 aromatic rings. The molecule has 1 heterocycles. The summed E-state index contributed by atoms with van der Waals surface area (Å²) in [6.07, 6.45) is 2.86. The van der Waals surface area contributed by atoms with E-state index in [2.05, 4.69) is 0 Å². The lowest BCUT2D eigenvalue weighted by Crippen LogP contribution is -2.21. The second kappa shape index (κ2) is 7.33. The lowest BCUT2D eigenvalue weighted by atomic mass is 10.0. The van der Waals surface area contributed by atoms with E-state index in [-0.39, 0.29) is 0 Å². The number of nitrogens with zero attached hydrogens (tertiary/aromatic N) is 2. The quantitative estimate of drug-likeness (QED) is 0.480. The number of carbonyl (C=O) groups is 1. The molecular weight excluding hydrogens is 352 g/mol. The molecule has 3 aromatic carbocycles. The number of hydrogen-bond acceptors (Lipinski definition) is 4. The molecule has 27 heavy (non-hydrogen) atoms. The number of rotatable bonds is 5. The van der Waals surface area contributed by atoms with E-state index < -0.39 is 5.66 Å². The lowest BCUT2D eigenvalue weighted by molar-refractivity contribution is -0.112. The fraction of sp³-hybridized carbons (Fsp3) is 0.0870. The summed E-state index contributed by atoms with van der Waals surface area (Å²) < 4.78 is 0. The van der Waals surface area contributed by atoms with Crippen molar-refractivity contribution < 1.29 is 4.79 Å². The Morgan fingerprint density at radius 1 is 0.741 bits per heavy atom. The van der Waals surface area contributed by atoms with E-state index in [4.69, 9.17) is 9.98 Å². The lowest BCUT2D eigenvalue weighted by Gasteiger charge is -2.16. The molecule has 4 heteroatoms.